The quantitative estimate of drug-likeness (QED) is 0.253. The molecule has 0 spiro atoms. The second-order valence-corrected chi connectivity index (χ2v) is 17.5. The fourth-order valence-electron chi connectivity index (χ4n) is 11.8. The van der Waals surface area contributed by atoms with Gasteiger partial charge >= 0.3 is 5.97 Å². The van der Waals surface area contributed by atoms with Gasteiger partial charge in [0.05, 0.1) is 11.4 Å². The number of carbonyl (C=O) groups excluding carboxylic acids is 3. The lowest BCUT2D eigenvalue weighted by Gasteiger charge is -2.70. The van der Waals surface area contributed by atoms with Crippen LogP contribution in [0.15, 0.2) is 35.9 Å². The van der Waals surface area contributed by atoms with Gasteiger partial charge in [0.15, 0.2) is 5.78 Å². The van der Waals surface area contributed by atoms with E-state index in [4.69, 9.17) is 4.74 Å². The van der Waals surface area contributed by atoms with Crippen molar-refractivity contribution < 1.29 is 24.3 Å². The number of fused-ring (bicyclic) bond motifs is 7. The number of para-hydroxylation sites is 2. The predicted molar refractivity (Wildman–Crippen MR) is 178 cm³/mol. The number of amides is 1. The number of rotatable bonds is 4. The number of ketones is 1. The van der Waals surface area contributed by atoms with Crippen LogP contribution in [0.25, 0.3) is 0 Å². The Balaban J connectivity index is 1.34. The maximum Gasteiger partial charge on any atom is 0.302 e. The van der Waals surface area contributed by atoms with Crippen molar-refractivity contribution in [1.29, 1.82) is 0 Å². The number of benzene rings is 1. The van der Waals surface area contributed by atoms with Gasteiger partial charge < -0.3 is 20.5 Å². The average molecular weight is 634 g/mol. The van der Waals surface area contributed by atoms with Crippen LogP contribution >= 0.6 is 0 Å². The fraction of sp³-hybridized carbons (Fsp3) is 0.711. The molecule has 6 rings (SSSR count). The van der Waals surface area contributed by atoms with E-state index >= 15 is 0 Å². The minimum atomic E-state index is -0.705. The van der Waals surface area contributed by atoms with E-state index in [2.05, 4.69) is 46.9 Å². The molecule has 9 atom stereocenters. The number of hydrogen-bond donors (Lipinski definition) is 2. The fourth-order valence-corrected chi connectivity index (χ4v) is 11.8. The van der Waals surface area contributed by atoms with Gasteiger partial charge in [0, 0.05) is 23.7 Å². The van der Waals surface area contributed by atoms with Crippen LogP contribution in [0, 0.1) is 55.5 Å². The lowest BCUT2D eigenvalue weighted by molar-refractivity contribution is -0.210. The molecule has 0 unspecified atom stereocenters. The molecule has 0 radical (unpaired) electrons. The van der Waals surface area contributed by atoms with Gasteiger partial charge in [-0.3, -0.25) is 19.6 Å². The smallest absolute Gasteiger partial charge is 0.302 e. The molecule has 0 heterocycles. The molecule has 4 fully saturated rings. The summed E-state index contributed by atoms with van der Waals surface area (Å²) in [7, 11) is 0. The Morgan fingerprint density at radius 2 is 1.63 bits per heavy atom. The molecule has 46 heavy (non-hydrogen) atoms. The topological polar surface area (TPSA) is 119 Å². The SMILES string of the molecule is CC(=O)O[C@@H]1CC[C@]2(C)[C@H](CC[C@]3(C)[C@@H]2C(=O)C=C2[C@H]4C[C@@](C)(C(=O)Nc5ccccc5N([O-])O)CC[C@]4(C)CC[C@@]23C)C1(C)C. The van der Waals surface area contributed by atoms with Crippen molar-refractivity contribution in [2.45, 2.75) is 119 Å². The third-order valence-corrected chi connectivity index (χ3v) is 14.7. The highest BCUT2D eigenvalue weighted by Crippen LogP contribution is 2.75. The molecule has 4 saturated carbocycles. The molecule has 0 aromatic heterocycles. The van der Waals surface area contributed by atoms with Gasteiger partial charge in [-0.2, -0.15) is 0 Å². The Morgan fingerprint density at radius 1 is 0.957 bits per heavy atom. The molecule has 0 saturated heterocycles. The summed E-state index contributed by atoms with van der Waals surface area (Å²) in [5.41, 5.74) is -0.0246. The number of esters is 1. The van der Waals surface area contributed by atoms with E-state index in [1.165, 1.54) is 18.6 Å². The van der Waals surface area contributed by atoms with Crippen molar-refractivity contribution >= 4 is 29.0 Å². The molecule has 1 amide bonds. The van der Waals surface area contributed by atoms with Crippen molar-refractivity contribution in [2.24, 2.45) is 50.2 Å². The molecular weight excluding hydrogens is 580 g/mol. The monoisotopic (exact) mass is 633 g/mol. The van der Waals surface area contributed by atoms with Gasteiger partial charge in [0.25, 0.3) is 0 Å². The third kappa shape index (κ3) is 4.63. The maximum absolute atomic E-state index is 14.7. The number of hydrogen-bond acceptors (Lipinski definition) is 7. The maximum atomic E-state index is 14.7. The van der Waals surface area contributed by atoms with Gasteiger partial charge in [-0.15, -0.1) is 0 Å². The van der Waals surface area contributed by atoms with Crippen LogP contribution < -0.4 is 10.5 Å². The Labute approximate surface area is 274 Å². The molecule has 8 nitrogen and oxygen atoms in total. The lowest BCUT2D eigenvalue weighted by atomic mass is 9.33. The number of nitrogens with one attached hydrogen (secondary N) is 1. The van der Waals surface area contributed by atoms with Crippen LogP contribution in [0.3, 0.4) is 0 Å². The molecule has 252 valence electrons. The molecule has 5 aliphatic rings. The summed E-state index contributed by atoms with van der Waals surface area (Å²) in [6.07, 6.45) is 9.74. The second-order valence-electron chi connectivity index (χ2n) is 17.5. The summed E-state index contributed by atoms with van der Waals surface area (Å²) in [6.45, 7) is 17.4. The molecule has 0 aliphatic heterocycles. The molecule has 0 bridgehead atoms. The Bertz CT molecular complexity index is 1480. The van der Waals surface area contributed by atoms with E-state index in [0.717, 1.165) is 44.9 Å². The molecule has 8 heteroatoms. The highest BCUT2D eigenvalue weighted by atomic mass is 16.8. The zero-order valence-corrected chi connectivity index (χ0v) is 29.0. The van der Waals surface area contributed by atoms with Gasteiger partial charge in [-0.25, -0.2) is 0 Å². The normalized spacial score (nSPS) is 42.7. The largest absolute Gasteiger partial charge is 0.733 e. The third-order valence-electron chi connectivity index (χ3n) is 14.7. The highest BCUT2D eigenvalue weighted by molar-refractivity contribution is 5.98. The van der Waals surface area contributed by atoms with E-state index in [1.54, 1.807) is 18.2 Å². The standard InChI is InChI=1S/C38H53N2O6/c1-23(41)46-30-14-15-36(6)29(33(30,2)3)13-16-38(8)31(36)28(42)21-24-25-22-35(5,18-17-34(25,4)19-20-37(24,38)7)32(43)39-26-11-9-10-12-27(26)40(44)45/h9-12,21,25,29-31,44H,13-20,22H2,1-8H3,(H,39,43)/q-1/t25-,29-,30-,31-,34-,35+,36-,37+,38-/m1/s1. The van der Waals surface area contributed by atoms with Crippen LogP contribution in [0.1, 0.15) is 113 Å². The van der Waals surface area contributed by atoms with Crippen LogP contribution in [-0.4, -0.2) is 29.0 Å². The van der Waals surface area contributed by atoms with E-state index < -0.39 is 5.41 Å². The summed E-state index contributed by atoms with van der Waals surface area (Å²) in [5.74, 6) is 0.0709. The number of nitrogens with zero attached hydrogens (tertiary/aromatic N) is 1. The molecule has 1 aromatic rings. The van der Waals surface area contributed by atoms with Crippen molar-refractivity contribution in [3.8, 4) is 0 Å². The van der Waals surface area contributed by atoms with E-state index in [9.17, 15) is 24.8 Å². The summed E-state index contributed by atoms with van der Waals surface area (Å²) in [5, 5.41) is 24.1. The number of carbonyl (C=O) groups is 3. The summed E-state index contributed by atoms with van der Waals surface area (Å²) < 4.78 is 5.86. The van der Waals surface area contributed by atoms with Gasteiger partial charge in [0.2, 0.25) is 5.91 Å². The number of allylic oxidation sites excluding steroid dienone is 2. The molecule has 2 N–H and O–H groups in total. The minimum absolute atomic E-state index is 0.000874. The van der Waals surface area contributed by atoms with Crippen LogP contribution in [0.5, 0.6) is 0 Å². The first-order valence-corrected chi connectivity index (χ1v) is 17.3. The Kier molecular flexibility index (Phi) is 7.68. The number of ether oxygens (including phenoxy) is 1. The highest BCUT2D eigenvalue weighted by Gasteiger charge is 2.70. The first kappa shape index (κ1) is 33.2. The molecule has 1 aromatic carbocycles. The van der Waals surface area contributed by atoms with Crippen LogP contribution in [0.2, 0.25) is 0 Å². The zero-order valence-electron chi connectivity index (χ0n) is 29.0. The first-order chi connectivity index (χ1) is 21.3. The lowest BCUT2D eigenvalue weighted by Crippen LogP contribution is -2.66. The van der Waals surface area contributed by atoms with E-state index in [-0.39, 0.29) is 85.2 Å². The summed E-state index contributed by atoms with van der Waals surface area (Å²) >= 11 is 0. The van der Waals surface area contributed by atoms with E-state index in [0.29, 0.717) is 12.8 Å². The molecular formula is C38H53N2O6-. The van der Waals surface area contributed by atoms with Gasteiger partial charge in [-0.05, 0) is 109 Å². The predicted octanol–water partition coefficient (Wildman–Crippen LogP) is 8.23. The minimum Gasteiger partial charge on any atom is -0.733 e. The van der Waals surface area contributed by atoms with Gasteiger partial charge in [-0.1, -0.05) is 66.2 Å². The molecule has 5 aliphatic carbocycles. The summed E-state index contributed by atoms with van der Waals surface area (Å²) in [4.78, 5) is 40.6. The summed E-state index contributed by atoms with van der Waals surface area (Å²) in [6, 6.07) is 6.47. The van der Waals surface area contributed by atoms with Crippen molar-refractivity contribution in [3.05, 3.63) is 41.1 Å². The zero-order chi connectivity index (χ0) is 33.7. The van der Waals surface area contributed by atoms with Crippen LogP contribution in [-0.2, 0) is 19.1 Å². The number of anilines is 2. The second kappa shape index (κ2) is 10.6. The average Bonchev–Trinajstić information content (AvgIpc) is 2.96. The van der Waals surface area contributed by atoms with Crippen molar-refractivity contribution in [2.75, 3.05) is 10.5 Å². The van der Waals surface area contributed by atoms with E-state index in [1.807, 2.05) is 13.0 Å². The Hall–Kier alpha value is -2.71. The van der Waals surface area contributed by atoms with Crippen molar-refractivity contribution in [3.63, 3.8) is 0 Å². The first-order valence-electron chi connectivity index (χ1n) is 17.3. The Morgan fingerprint density at radius 3 is 2.30 bits per heavy atom. The van der Waals surface area contributed by atoms with Gasteiger partial charge in [0.1, 0.15) is 6.10 Å². The van der Waals surface area contributed by atoms with Crippen molar-refractivity contribution in [1.82, 2.24) is 0 Å². The van der Waals surface area contributed by atoms with Crippen LogP contribution in [0.4, 0.5) is 11.4 Å².